The number of nitrogens with one attached hydrogen (secondary N) is 1. The van der Waals surface area contributed by atoms with Crippen LogP contribution in [0.1, 0.15) is 48.5 Å². The summed E-state index contributed by atoms with van der Waals surface area (Å²) in [5, 5.41) is 4.54. The highest BCUT2D eigenvalue weighted by Crippen LogP contribution is 2.33. The summed E-state index contributed by atoms with van der Waals surface area (Å²) in [6.45, 7) is 5.76. The molecule has 0 saturated carbocycles. The van der Waals surface area contributed by atoms with Crippen LogP contribution in [0.2, 0.25) is 0 Å². The zero-order valence-electron chi connectivity index (χ0n) is 11.6. The molecule has 0 radical (unpaired) electrons. The van der Waals surface area contributed by atoms with Gasteiger partial charge in [0.1, 0.15) is 5.01 Å². The standard InChI is InChI=1S/C14H25N3S/c1-3-17-10-5-4-8-13(17)14-16-11-12(18-14)7-6-9-15-2/h11,13,15H,3-10H2,1-2H3. The number of thiazole rings is 1. The van der Waals surface area contributed by atoms with Crippen molar-refractivity contribution in [1.29, 1.82) is 0 Å². The molecular weight excluding hydrogens is 242 g/mol. The van der Waals surface area contributed by atoms with Crippen molar-refractivity contribution in [3.63, 3.8) is 0 Å². The molecule has 1 aliphatic heterocycles. The fraction of sp³-hybridized carbons (Fsp3) is 0.786. The van der Waals surface area contributed by atoms with Crippen molar-refractivity contribution in [3.8, 4) is 0 Å². The summed E-state index contributed by atoms with van der Waals surface area (Å²) < 4.78 is 0. The van der Waals surface area contributed by atoms with E-state index in [0.29, 0.717) is 6.04 Å². The average Bonchev–Trinajstić information content (AvgIpc) is 2.88. The number of aryl methyl sites for hydroxylation is 1. The van der Waals surface area contributed by atoms with Crippen LogP contribution in [0, 0.1) is 0 Å². The third-order valence-electron chi connectivity index (χ3n) is 3.73. The van der Waals surface area contributed by atoms with Gasteiger partial charge in [0.05, 0.1) is 6.04 Å². The molecule has 1 aromatic heterocycles. The second-order valence-corrected chi connectivity index (χ2v) is 6.16. The first kappa shape index (κ1) is 14.0. The Morgan fingerprint density at radius 3 is 3.17 bits per heavy atom. The fourth-order valence-electron chi connectivity index (χ4n) is 2.68. The van der Waals surface area contributed by atoms with E-state index in [4.69, 9.17) is 0 Å². The molecule has 1 fully saturated rings. The Balaban J connectivity index is 1.95. The van der Waals surface area contributed by atoms with Gasteiger partial charge in [0, 0.05) is 11.1 Å². The van der Waals surface area contributed by atoms with E-state index in [-0.39, 0.29) is 0 Å². The van der Waals surface area contributed by atoms with E-state index in [2.05, 4.69) is 28.3 Å². The Kier molecular flexibility index (Phi) is 5.60. The maximum atomic E-state index is 4.67. The van der Waals surface area contributed by atoms with Crippen LogP contribution in [-0.4, -0.2) is 36.6 Å². The molecule has 102 valence electrons. The van der Waals surface area contributed by atoms with Crippen molar-refractivity contribution in [2.45, 2.75) is 45.1 Å². The number of piperidine rings is 1. The number of likely N-dealkylation sites (tertiary alicyclic amines) is 1. The highest BCUT2D eigenvalue weighted by atomic mass is 32.1. The minimum absolute atomic E-state index is 0.590. The first-order chi connectivity index (χ1) is 8.85. The first-order valence-corrected chi connectivity index (χ1v) is 8.00. The van der Waals surface area contributed by atoms with Crippen LogP contribution in [-0.2, 0) is 6.42 Å². The lowest BCUT2D eigenvalue weighted by Gasteiger charge is -2.33. The molecule has 0 aromatic carbocycles. The molecule has 0 spiro atoms. The maximum Gasteiger partial charge on any atom is 0.110 e. The molecule has 1 atom stereocenters. The van der Waals surface area contributed by atoms with E-state index in [1.54, 1.807) is 0 Å². The molecule has 0 bridgehead atoms. The zero-order chi connectivity index (χ0) is 12.8. The third kappa shape index (κ3) is 3.53. The summed E-state index contributed by atoms with van der Waals surface area (Å²) in [5.41, 5.74) is 0. The molecule has 18 heavy (non-hydrogen) atoms. The number of nitrogens with zero attached hydrogens (tertiary/aromatic N) is 2. The number of hydrogen-bond donors (Lipinski definition) is 1. The molecule has 1 N–H and O–H groups in total. The smallest absolute Gasteiger partial charge is 0.110 e. The lowest BCUT2D eigenvalue weighted by Crippen LogP contribution is -2.32. The van der Waals surface area contributed by atoms with Crippen LogP contribution in [0.25, 0.3) is 0 Å². The molecule has 0 aliphatic carbocycles. The molecule has 1 aliphatic rings. The van der Waals surface area contributed by atoms with Crippen LogP contribution in [0.5, 0.6) is 0 Å². The number of hydrogen-bond acceptors (Lipinski definition) is 4. The summed E-state index contributed by atoms with van der Waals surface area (Å²) in [6.07, 6.45) is 8.47. The van der Waals surface area contributed by atoms with Gasteiger partial charge < -0.3 is 5.32 Å². The molecule has 0 amide bonds. The van der Waals surface area contributed by atoms with Gasteiger partial charge in [0.2, 0.25) is 0 Å². The minimum atomic E-state index is 0.590. The van der Waals surface area contributed by atoms with E-state index >= 15 is 0 Å². The van der Waals surface area contributed by atoms with Gasteiger partial charge in [-0.3, -0.25) is 4.90 Å². The average molecular weight is 267 g/mol. The number of rotatable bonds is 6. The monoisotopic (exact) mass is 267 g/mol. The van der Waals surface area contributed by atoms with Gasteiger partial charge in [-0.2, -0.15) is 0 Å². The lowest BCUT2D eigenvalue weighted by molar-refractivity contribution is 0.157. The van der Waals surface area contributed by atoms with Crippen LogP contribution < -0.4 is 5.32 Å². The molecule has 3 nitrogen and oxygen atoms in total. The van der Waals surface area contributed by atoms with Crippen LogP contribution in [0.4, 0.5) is 0 Å². The second kappa shape index (κ2) is 7.22. The fourth-order valence-corrected chi connectivity index (χ4v) is 3.81. The molecule has 2 heterocycles. The van der Waals surface area contributed by atoms with Gasteiger partial charge in [-0.25, -0.2) is 4.98 Å². The van der Waals surface area contributed by atoms with Gasteiger partial charge >= 0.3 is 0 Å². The lowest BCUT2D eigenvalue weighted by atomic mass is 10.0. The highest BCUT2D eigenvalue weighted by molar-refractivity contribution is 7.11. The zero-order valence-corrected chi connectivity index (χ0v) is 12.4. The van der Waals surface area contributed by atoms with Crippen molar-refractivity contribution in [2.75, 3.05) is 26.7 Å². The molecule has 2 rings (SSSR count). The first-order valence-electron chi connectivity index (χ1n) is 7.18. The van der Waals surface area contributed by atoms with Crippen LogP contribution in [0.3, 0.4) is 0 Å². The number of aromatic nitrogens is 1. The van der Waals surface area contributed by atoms with Gasteiger partial charge in [-0.15, -0.1) is 11.3 Å². The second-order valence-electron chi connectivity index (χ2n) is 5.01. The third-order valence-corrected chi connectivity index (χ3v) is 4.88. The molecule has 1 unspecified atom stereocenters. The Hall–Kier alpha value is -0.450. The van der Waals surface area contributed by atoms with Gasteiger partial charge in [0.15, 0.2) is 0 Å². The minimum Gasteiger partial charge on any atom is -0.320 e. The maximum absolute atomic E-state index is 4.67. The van der Waals surface area contributed by atoms with Gasteiger partial charge in [-0.1, -0.05) is 13.3 Å². The van der Waals surface area contributed by atoms with Crippen LogP contribution >= 0.6 is 11.3 Å². The van der Waals surface area contributed by atoms with E-state index < -0.39 is 0 Å². The van der Waals surface area contributed by atoms with Crippen molar-refractivity contribution in [1.82, 2.24) is 15.2 Å². The Morgan fingerprint density at radius 2 is 2.39 bits per heavy atom. The molecule has 1 aromatic rings. The van der Waals surface area contributed by atoms with Crippen LogP contribution in [0.15, 0.2) is 6.20 Å². The Bertz CT molecular complexity index is 351. The summed E-state index contributed by atoms with van der Waals surface area (Å²) in [7, 11) is 2.01. The molecular formula is C14H25N3S. The quantitative estimate of drug-likeness (QED) is 0.803. The van der Waals surface area contributed by atoms with E-state index in [9.17, 15) is 0 Å². The van der Waals surface area contributed by atoms with Crippen molar-refractivity contribution in [3.05, 3.63) is 16.1 Å². The van der Waals surface area contributed by atoms with E-state index in [0.717, 1.165) is 19.5 Å². The van der Waals surface area contributed by atoms with Gasteiger partial charge in [0.25, 0.3) is 0 Å². The molecule has 1 saturated heterocycles. The Labute approximate surface area is 115 Å². The van der Waals surface area contributed by atoms with Crippen molar-refractivity contribution < 1.29 is 0 Å². The largest absolute Gasteiger partial charge is 0.320 e. The van der Waals surface area contributed by atoms with Crippen molar-refractivity contribution in [2.24, 2.45) is 0 Å². The highest BCUT2D eigenvalue weighted by Gasteiger charge is 2.24. The van der Waals surface area contributed by atoms with E-state index in [1.165, 1.54) is 42.1 Å². The summed E-state index contributed by atoms with van der Waals surface area (Å²) in [4.78, 5) is 8.70. The topological polar surface area (TPSA) is 28.2 Å². The summed E-state index contributed by atoms with van der Waals surface area (Å²) >= 11 is 1.93. The van der Waals surface area contributed by atoms with E-state index in [1.807, 2.05) is 18.4 Å². The predicted molar refractivity (Wildman–Crippen MR) is 78.2 cm³/mol. The molecule has 4 heteroatoms. The SMILES string of the molecule is CCN1CCCCC1c1ncc(CCCNC)s1. The summed E-state index contributed by atoms with van der Waals surface area (Å²) in [6, 6.07) is 0.590. The predicted octanol–water partition coefficient (Wildman–Crippen LogP) is 2.84. The summed E-state index contributed by atoms with van der Waals surface area (Å²) in [5.74, 6) is 0. The van der Waals surface area contributed by atoms with Crippen molar-refractivity contribution >= 4 is 11.3 Å². The normalized spacial score (nSPS) is 21.3. The van der Waals surface area contributed by atoms with Gasteiger partial charge in [-0.05, 0) is 52.4 Å². The Morgan fingerprint density at radius 1 is 1.50 bits per heavy atom.